The Kier molecular flexibility index (Phi) is 0.335. The number of hydrogen-bond acceptors (Lipinski definition) is 0. The summed E-state index contributed by atoms with van der Waals surface area (Å²) in [5.74, 6) is 2.55. The standard InChI is InChI=1S/C8H12/c1-2-6-3-5(1)7-4-8(6)7/h5-8H,1-4H2/t5-,6+,7+,8-/i4D2. The van der Waals surface area contributed by atoms with E-state index in [1.165, 1.54) is 19.3 Å². The Morgan fingerprint density at radius 2 is 1.75 bits per heavy atom. The Bertz CT molecular complexity index is 170. The number of rotatable bonds is 0. The number of fused-ring (bicyclic) bond motifs is 5. The van der Waals surface area contributed by atoms with Crippen molar-refractivity contribution in [3.05, 3.63) is 0 Å². The molecule has 0 amide bonds. The lowest BCUT2D eigenvalue weighted by Crippen LogP contribution is -1.95. The highest BCUT2D eigenvalue weighted by molar-refractivity contribution is 5.06. The van der Waals surface area contributed by atoms with Crippen molar-refractivity contribution in [3.8, 4) is 0 Å². The molecular weight excluding hydrogens is 96.1 g/mol. The molecule has 0 heteroatoms. The van der Waals surface area contributed by atoms with Crippen LogP contribution in [0.4, 0.5) is 0 Å². The van der Waals surface area contributed by atoms with Crippen molar-refractivity contribution in [2.45, 2.75) is 25.6 Å². The van der Waals surface area contributed by atoms with E-state index in [1.54, 1.807) is 0 Å². The van der Waals surface area contributed by atoms with Gasteiger partial charge in [0.05, 0.1) is 0 Å². The molecule has 0 N–H and O–H groups in total. The molecule has 2 bridgehead atoms. The van der Waals surface area contributed by atoms with Crippen LogP contribution < -0.4 is 0 Å². The summed E-state index contributed by atoms with van der Waals surface area (Å²) in [4.78, 5) is 0. The van der Waals surface area contributed by atoms with Crippen molar-refractivity contribution in [2.24, 2.45) is 23.7 Å². The minimum atomic E-state index is -0.732. The van der Waals surface area contributed by atoms with E-state index in [0.29, 0.717) is 11.8 Å². The van der Waals surface area contributed by atoms with Gasteiger partial charge in [0.1, 0.15) is 0 Å². The van der Waals surface area contributed by atoms with Crippen LogP contribution in [0, 0.1) is 23.7 Å². The summed E-state index contributed by atoms with van der Waals surface area (Å²) in [5, 5.41) is 0. The molecule has 44 valence electrons. The average molecular weight is 110 g/mol. The third kappa shape index (κ3) is 0.284. The molecule has 3 saturated carbocycles. The van der Waals surface area contributed by atoms with Crippen molar-refractivity contribution < 1.29 is 2.74 Å². The fraction of sp³-hybridized carbons (Fsp3) is 1.00. The predicted molar refractivity (Wildman–Crippen MR) is 32.4 cm³/mol. The Morgan fingerprint density at radius 1 is 1.12 bits per heavy atom. The van der Waals surface area contributed by atoms with E-state index in [2.05, 4.69) is 0 Å². The molecule has 0 spiro atoms. The van der Waals surface area contributed by atoms with Gasteiger partial charge in [0.15, 0.2) is 0 Å². The van der Waals surface area contributed by atoms with Crippen LogP contribution in [0.25, 0.3) is 0 Å². The highest BCUT2D eigenvalue weighted by Gasteiger charge is 2.56. The lowest BCUT2D eigenvalue weighted by molar-refractivity contribution is 0.456. The molecule has 0 heterocycles. The Hall–Kier alpha value is 0. The molecule has 3 rings (SSSR count). The van der Waals surface area contributed by atoms with Gasteiger partial charge in [-0.15, -0.1) is 0 Å². The van der Waals surface area contributed by atoms with Crippen LogP contribution in [0.2, 0.25) is 0 Å². The van der Waals surface area contributed by atoms with Crippen LogP contribution >= 0.6 is 0 Å². The molecule has 0 aromatic heterocycles. The maximum atomic E-state index is 7.63. The van der Waals surface area contributed by atoms with Crippen LogP contribution in [0.15, 0.2) is 0 Å². The molecule has 3 aliphatic rings. The zero-order valence-electron chi connectivity index (χ0n) is 6.93. The zero-order chi connectivity index (χ0) is 6.93. The van der Waals surface area contributed by atoms with Crippen molar-refractivity contribution in [1.82, 2.24) is 0 Å². The molecule has 0 radical (unpaired) electrons. The van der Waals surface area contributed by atoms with E-state index in [-0.39, 0.29) is 0 Å². The van der Waals surface area contributed by atoms with Gasteiger partial charge in [-0.2, -0.15) is 0 Å². The zero-order valence-corrected chi connectivity index (χ0v) is 4.93. The minimum Gasteiger partial charge on any atom is -0.0499 e. The molecule has 0 nitrogen and oxygen atoms in total. The molecule has 0 aromatic rings. The van der Waals surface area contributed by atoms with Gasteiger partial charge in [0.25, 0.3) is 0 Å². The second-order valence-corrected chi connectivity index (χ2v) is 3.55. The van der Waals surface area contributed by atoms with E-state index in [9.17, 15) is 0 Å². The summed E-state index contributed by atoms with van der Waals surface area (Å²) in [5.41, 5.74) is 0. The molecule has 3 fully saturated rings. The lowest BCUT2D eigenvalue weighted by Gasteiger charge is -2.04. The largest absolute Gasteiger partial charge is 0.0499 e. The van der Waals surface area contributed by atoms with Gasteiger partial charge in [-0.25, -0.2) is 0 Å². The van der Waals surface area contributed by atoms with E-state index >= 15 is 0 Å². The van der Waals surface area contributed by atoms with E-state index in [4.69, 9.17) is 2.74 Å². The van der Waals surface area contributed by atoms with Crippen molar-refractivity contribution >= 4 is 0 Å². The van der Waals surface area contributed by atoms with E-state index in [0.717, 1.165) is 11.8 Å². The quantitative estimate of drug-likeness (QED) is 0.447. The second-order valence-electron chi connectivity index (χ2n) is 3.55. The van der Waals surface area contributed by atoms with Gasteiger partial charge >= 0.3 is 0 Å². The summed E-state index contributed by atoms with van der Waals surface area (Å²) in [7, 11) is 0. The highest BCUT2D eigenvalue weighted by Crippen LogP contribution is 2.65. The molecule has 3 aliphatic carbocycles. The smallest absolute Gasteiger partial charge is 0.0273 e. The predicted octanol–water partition coefficient (Wildman–Crippen LogP) is 2.05. The average Bonchev–Trinajstić information content (AvgIpc) is 2.37. The maximum Gasteiger partial charge on any atom is 0.0273 e. The third-order valence-electron chi connectivity index (χ3n) is 3.19. The number of hydrogen-bond donors (Lipinski definition) is 0. The summed E-state index contributed by atoms with van der Waals surface area (Å²) in [6, 6.07) is 0. The van der Waals surface area contributed by atoms with Crippen molar-refractivity contribution in [1.29, 1.82) is 0 Å². The summed E-state index contributed by atoms with van der Waals surface area (Å²) in [6.07, 6.45) is 3.27. The van der Waals surface area contributed by atoms with E-state index < -0.39 is 6.37 Å². The first-order chi connectivity index (χ1) is 4.71. The van der Waals surface area contributed by atoms with Crippen molar-refractivity contribution in [3.63, 3.8) is 0 Å². The Morgan fingerprint density at radius 3 is 2.25 bits per heavy atom. The van der Waals surface area contributed by atoms with Gasteiger partial charge < -0.3 is 0 Å². The van der Waals surface area contributed by atoms with Gasteiger partial charge in [0, 0.05) is 2.74 Å². The molecule has 0 saturated heterocycles. The molecule has 0 aromatic carbocycles. The molecule has 4 atom stereocenters. The van der Waals surface area contributed by atoms with Crippen LogP contribution in [-0.2, 0) is 0 Å². The van der Waals surface area contributed by atoms with Crippen LogP contribution in [-0.4, -0.2) is 0 Å². The van der Waals surface area contributed by atoms with Crippen LogP contribution in [0.5, 0.6) is 0 Å². The fourth-order valence-corrected chi connectivity index (χ4v) is 2.73. The molecule has 8 heavy (non-hydrogen) atoms. The Balaban J connectivity index is 1.97. The summed E-state index contributed by atoms with van der Waals surface area (Å²) in [6.45, 7) is 0. The van der Waals surface area contributed by atoms with E-state index in [1.807, 2.05) is 0 Å². The van der Waals surface area contributed by atoms with Crippen LogP contribution in [0.1, 0.15) is 28.4 Å². The topological polar surface area (TPSA) is 0 Å². The Labute approximate surface area is 53.1 Å². The first-order valence-corrected chi connectivity index (χ1v) is 3.71. The van der Waals surface area contributed by atoms with Gasteiger partial charge in [-0.3, -0.25) is 0 Å². The van der Waals surface area contributed by atoms with Gasteiger partial charge in [0.2, 0.25) is 0 Å². The fourth-order valence-electron chi connectivity index (χ4n) is 2.73. The van der Waals surface area contributed by atoms with Gasteiger partial charge in [-0.1, -0.05) is 0 Å². The SMILES string of the molecule is [2H]C1([2H])[C@@H]2[C@H]3CC[C@H](C3)[C@@H]21. The van der Waals surface area contributed by atoms with Gasteiger partial charge in [-0.05, 0) is 49.3 Å². The third-order valence-corrected chi connectivity index (χ3v) is 3.19. The summed E-state index contributed by atoms with van der Waals surface area (Å²) >= 11 is 0. The molecule has 0 unspecified atom stereocenters. The summed E-state index contributed by atoms with van der Waals surface area (Å²) < 4.78 is 15.3. The highest BCUT2D eigenvalue weighted by atomic mass is 14.6. The van der Waals surface area contributed by atoms with Crippen molar-refractivity contribution in [2.75, 3.05) is 0 Å². The first-order valence-electron chi connectivity index (χ1n) is 4.71. The molecular formula is C8H12. The maximum absolute atomic E-state index is 7.63. The first kappa shape index (κ1) is 2.72. The normalized spacial score (nSPS) is 76.0. The second kappa shape index (κ2) is 0.984. The minimum absolute atomic E-state index is 0.492. The monoisotopic (exact) mass is 110 g/mol. The lowest BCUT2D eigenvalue weighted by atomic mass is 10.0. The van der Waals surface area contributed by atoms with Crippen LogP contribution in [0.3, 0.4) is 0 Å². The molecule has 0 aliphatic heterocycles.